The summed E-state index contributed by atoms with van der Waals surface area (Å²) in [5.41, 5.74) is 0. The highest BCUT2D eigenvalue weighted by atomic mass is 16.2. The second-order valence-electron chi connectivity index (χ2n) is 6.34. The maximum Gasteiger partial charge on any atom is 0.246 e. The molecule has 2 aliphatic rings. The van der Waals surface area contributed by atoms with Crippen molar-refractivity contribution in [3.8, 4) is 0 Å². The van der Waals surface area contributed by atoms with Crippen LogP contribution in [0.25, 0.3) is 0 Å². The van der Waals surface area contributed by atoms with E-state index in [9.17, 15) is 9.59 Å². The van der Waals surface area contributed by atoms with Crippen molar-refractivity contribution in [2.45, 2.75) is 71.0 Å². The molecule has 0 aliphatic carbocycles. The Balaban J connectivity index is 2.02. The van der Waals surface area contributed by atoms with Gasteiger partial charge in [-0.15, -0.1) is 0 Å². The summed E-state index contributed by atoms with van der Waals surface area (Å²) in [6, 6.07) is -0.410. The Morgan fingerprint density at radius 3 is 2.38 bits per heavy atom. The van der Waals surface area contributed by atoms with E-state index in [0.717, 1.165) is 45.3 Å². The fourth-order valence-electron chi connectivity index (χ4n) is 3.57. The number of hydrogen-bond acceptors (Lipinski definition) is 3. The average Bonchev–Trinajstić information content (AvgIpc) is 2.47. The Kier molecular flexibility index (Phi) is 5.62. The second kappa shape index (κ2) is 7.25. The van der Waals surface area contributed by atoms with E-state index in [-0.39, 0.29) is 29.9 Å². The number of nitrogens with zero attached hydrogens (tertiary/aromatic N) is 2. The molecule has 1 N–H and O–H groups in total. The fourth-order valence-corrected chi connectivity index (χ4v) is 3.57. The summed E-state index contributed by atoms with van der Waals surface area (Å²) in [6.45, 7) is 9.31. The zero-order chi connectivity index (χ0) is 15.4. The highest BCUT2D eigenvalue weighted by Crippen LogP contribution is 2.23. The maximum absolute atomic E-state index is 12.7. The van der Waals surface area contributed by atoms with Gasteiger partial charge in [0.15, 0.2) is 0 Å². The monoisotopic (exact) mass is 295 g/mol. The van der Waals surface area contributed by atoms with Crippen LogP contribution >= 0.6 is 0 Å². The Hall–Kier alpha value is -1.10. The van der Waals surface area contributed by atoms with Gasteiger partial charge in [-0.3, -0.25) is 9.59 Å². The van der Waals surface area contributed by atoms with Crippen LogP contribution in [0.1, 0.15) is 52.9 Å². The molecule has 0 aromatic carbocycles. The molecule has 2 aliphatic heterocycles. The number of amides is 2. The molecule has 0 aromatic rings. The first kappa shape index (κ1) is 16.3. The van der Waals surface area contributed by atoms with Crippen LogP contribution in [-0.4, -0.2) is 59.4 Å². The lowest BCUT2D eigenvalue weighted by Gasteiger charge is -2.45. The van der Waals surface area contributed by atoms with E-state index >= 15 is 0 Å². The number of piperazine rings is 1. The summed E-state index contributed by atoms with van der Waals surface area (Å²) in [6.07, 6.45) is 4.80. The molecule has 120 valence electrons. The van der Waals surface area contributed by atoms with Crippen LogP contribution in [0.4, 0.5) is 0 Å². The Morgan fingerprint density at radius 2 is 1.81 bits per heavy atom. The third kappa shape index (κ3) is 3.57. The fraction of sp³-hybridized carbons (Fsp3) is 0.875. The molecule has 0 aromatic heterocycles. The minimum Gasteiger partial charge on any atom is -0.343 e. The van der Waals surface area contributed by atoms with Crippen LogP contribution in [0.5, 0.6) is 0 Å². The first-order valence-electron chi connectivity index (χ1n) is 8.43. The van der Waals surface area contributed by atoms with E-state index < -0.39 is 0 Å². The summed E-state index contributed by atoms with van der Waals surface area (Å²) in [5.74, 6) is 0.127. The minimum atomic E-state index is -0.326. The molecular formula is C16H29N3O2. The van der Waals surface area contributed by atoms with Gasteiger partial charge in [0.1, 0.15) is 12.1 Å². The smallest absolute Gasteiger partial charge is 0.246 e. The van der Waals surface area contributed by atoms with Crippen molar-refractivity contribution in [1.29, 1.82) is 0 Å². The van der Waals surface area contributed by atoms with Crippen LogP contribution in [0.3, 0.4) is 0 Å². The molecule has 5 heteroatoms. The predicted octanol–water partition coefficient (Wildman–Crippen LogP) is 1.38. The van der Waals surface area contributed by atoms with Gasteiger partial charge in [-0.05, 0) is 39.2 Å². The maximum atomic E-state index is 12.7. The molecule has 2 saturated heterocycles. The zero-order valence-corrected chi connectivity index (χ0v) is 13.6. The van der Waals surface area contributed by atoms with E-state index in [0.29, 0.717) is 0 Å². The standard InChI is InChI=1S/C16H29N3O2/c1-4-6-14-16(21)19(12(3)15(20)17-14)13-7-10-18(9-5-2)11-8-13/h12-14H,4-11H2,1-3H3,(H,17,20). The third-order valence-corrected chi connectivity index (χ3v) is 4.73. The van der Waals surface area contributed by atoms with E-state index in [1.165, 1.54) is 6.42 Å². The highest BCUT2D eigenvalue weighted by Gasteiger charge is 2.41. The Morgan fingerprint density at radius 1 is 1.14 bits per heavy atom. The van der Waals surface area contributed by atoms with Gasteiger partial charge in [-0.1, -0.05) is 20.3 Å². The number of nitrogens with one attached hydrogen (secondary N) is 1. The van der Waals surface area contributed by atoms with Crippen molar-refractivity contribution < 1.29 is 9.59 Å². The molecule has 2 fully saturated rings. The molecule has 5 nitrogen and oxygen atoms in total. The molecule has 2 heterocycles. The third-order valence-electron chi connectivity index (χ3n) is 4.73. The van der Waals surface area contributed by atoms with Crippen molar-refractivity contribution in [2.24, 2.45) is 0 Å². The van der Waals surface area contributed by atoms with E-state index in [2.05, 4.69) is 17.1 Å². The lowest BCUT2D eigenvalue weighted by Crippen LogP contribution is -2.65. The molecule has 21 heavy (non-hydrogen) atoms. The van der Waals surface area contributed by atoms with E-state index in [4.69, 9.17) is 0 Å². The van der Waals surface area contributed by atoms with Gasteiger partial charge >= 0.3 is 0 Å². The van der Waals surface area contributed by atoms with Crippen LogP contribution in [0.2, 0.25) is 0 Å². The van der Waals surface area contributed by atoms with Crippen molar-refractivity contribution >= 4 is 11.8 Å². The van der Waals surface area contributed by atoms with E-state index in [1.54, 1.807) is 0 Å². The number of likely N-dealkylation sites (tertiary alicyclic amines) is 1. The summed E-state index contributed by atoms with van der Waals surface area (Å²) in [4.78, 5) is 29.1. The summed E-state index contributed by atoms with van der Waals surface area (Å²) in [7, 11) is 0. The number of hydrogen-bond donors (Lipinski definition) is 1. The van der Waals surface area contributed by atoms with Crippen molar-refractivity contribution in [3.63, 3.8) is 0 Å². The first-order valence-corrected chi connectivity index (χ1v) is 8.43. The SMILES string of the molecule is CCCC1NC(=O)C(C)N(C2CCN(CCC)CC2)C1=O. The van der Waals surface area contributed by atoms with Gasteiger partial charge < -0.3 is 15.1 Å². The molecule has 2 rings (SSSR count). The second-order valence-corrected chi connectivity index (χ2v) is 6.34. The molecule has 0 bridgehead atoms. The van der Waals surface area contributed by atoms with Crippen molar-refractivity contribution in [1.82, 2.24) is 15.1 Å². The molecule has 0 saturated carbocycles. The summed E-state index contributed by atoms with van der Waals surface area (Å²) >= 11 is 0. The molecule has 2 amide bonds. The van der Waals surface area contributed by atoms with Gasteiger partial charge in [-0.2, -0.15) is 0 Å². The van der Waals surface area contributed by atoms with Gasteiger partial charge in [-0.25, -0.2) is 0 Å². The molecule has 0 spiro atoms. The average molecular weight is 295 g/mol. The lowest BCUT2D eigenvalue weighted by atomic mass is 9.96. The summed E-state index contributed by atoms with van der Waals surface area (Å²) < 4.78 is 0. The zero-order valence-electron chi connectivity index (χ0n) is 13.6. The number of piperidine rings is 1. The van der Waals surface area contributed by atoms with Crippen LogP contribution < -0.4 is 5.32 Å². The van der Waals surface area contributed by atoms with Gasteiger partial charge in [0, 0.05) is 19.1 Å². The van der Waals surface area contributed by atoms with E-state index in [1.807, 2.05) is 18.7 Å². The quantitative estimate of drug-likeness (QED) is 0.833. The predicted molar refractivity (Wildman–Crippen MR) is 82.9 cm³/mol. The minimum absolute atomic E-state index is 0.00374. The number of carbonyl (C=O) groups is 2. The van der Waals surface area contributed by atoms with Gasteiger partial charge in [0.2, 0.25) is 11.8 Å². The largest absolute Gasteiger partial charge is 0.343 e. The molecular weight excluding hydrogens is 266 g/mol. The van der Waals surface area contributed by atoms with Crippen molar-refractivity contribution in [2.75, 3.05) is 19.6 Å². The molecule has 2 atom stereocenters. The number of carbonyl (C=O) groups excluding carboxylic acids is 2. The highest BCUT2D eigenvalue weighted by molar-refractivity contribution is 5.96. The summed E-state index contributed by atoms with van der Waals surface area (Å²) in [5, 5.41) is 2.87. The van der Waals surface area contributed by atoms with Gasteiger partial charge in [0.25, 0.3) is 0 Å². The van der Waals surface area contributed by atoms with Crippen LogP contribution in [0.15, 0.2) is 0 Å². The number of rotatable bonds is 5. The van der Waals surface area contributed by atoms with Crippen LogP contribution in [0, 0.1) is 0 Å². The lowest BCUT2D eigenvalue weighted by molar-refractivity contribution is -0.152. The van der Waals surface area contributed by atoms with Crippen LogP contribution in [-0.2, 0) is 9.59 Å². The molecule has 2 unspecified atom stereocenters. The molecule has 0 radical (unpaired) electrons. The normalized spacial score (nSPS) is 28.8. The Bertz CT molecular complexity index is 378. The topological polar surface area (TPSA) is 52.7 Å². The first-order chi connectivity index (χ1) is 10.1. The van der Waals surface area contributed by atoms with Crippen molar-refractivity contribution in [3.05, 3.63) is 0 Å². The Labute approximate surface area is 128 Å². The van der Waals surface area contributed by atoms with Gasteiger partial charge in [0.05, 0.1) is 0 Å².